The maximum absolute atomic E-state index is 5.86. The van der Waals surface area contributed by atoms with E-state index in [4.69, 9.17) is 5.84 Å². The van der Waals surface area contributed by atoms with Gasteiger partial charge in [0.2, 0.25) is 0 Å². The van der Waals surface area contributed by atoms with Crippen LogP contribution in [0.3, 0.4) is 0 Å². The SMILES string of the molecule is CCN(CC)C(C)(C)C(Cc1ccc(C(C)C)cc1)NN. The molecule has 3 N–H and O–H groups in total. The first-order valence-electron chi connectivity index (χ1n) is 8.16. The Kier molecular flexibility index (Phi) is 6.85. The van der Waals surface area contributed by atoms with Crippen LogP contribution in [0.15, 0.2) is 24.3 Å². The summed E-state index contributed by atoms with van der Waals surface area (Å²) in [4.78, 5) is 2.46. The van der Waals surface area contributed by atoms with E-state index in [0.717, 1.165) is 19.5 Å². The highest BCUT2D eigenvalue weighted by Gasteiger charge is 2.33. The first kappa shape index (κ1) is 18.1. The van der Waals surface area contributed by atoms with Gasteiger partial charge in [0.1, 0.15) is 0 Å². The highest BCUT2D eigenvalue weighted by molar-refractivity contribution is 5.25. The van der Waals surface area contributed by atoms with E-state index in [1.807, 2.05) is 0 Å². The molecule has 0 saturated carbocycles. The zero-order chi connectivity index (χ0) is 16.0. The Morgan fingerprint density at radius 3 is 2.00 bits per heavy atom. The van der Waals surface area contributed by atoms with Crippen molar-refractivity contribution in [2.75, 3.05) is 13.1 Å². The highest BCUT2D eigenvalue weighted by Crippen LogP contribution is 2.22. The second-order valence-electron chi connectivity index (χ2n) is 6.65. The van der Waals surface area contributed by atoms with E-state index in [1.165, 1.54) is 11.1 Å². The van der Waals surface area contributed by atoms with Crippen molar-refractivity contribution in [2.45, 2.75) is 65.5 Å². The number of nitrogens with zero attached hydrogens (tertiary/aromatic N) is 1. The van der Waals surface area contributed by atoms with Crippen molar-refractivity contribution in [3.63, 3.8) is 0 Å². The topological polar surface area (TPSA) is 41.3 Å². The molecule has 0 fully saturated rings. The third kappa shape index (κ3) is 4.53. The van der Waals surface area contributed by atoms with Crippen LogP contribution in [0.5, 0.6) is 0 Å². The molecule has 0 amide bonds. The summed E-state index contributed by atoms with van der Waals surface area (Å²) >= 11 is 0. The first-order valence-corrected chi connectivity index (χ1v) is 8.16. The standard InChI is InChI=1S/C18H33N3/c1-7-21(8-2)18(5,6)17(20-19)13-15-9-11-16(12-10-15)14(3)4/h9-12,14,17,20H,7-8,13,19H2,1-6H3. The Morgan fingerprint density at radius 2 is 1.62 bits per heavy atom. The zero-order valence-corrected chi connectivity index (χ0v) is 14.6. The van der Waals surface area contributed by atoms with Gasteiger partial charge in [-0.05, 0) is 50.4 Å². The van der Waals surface area contributed by atoms with Crippen LogP contribution in [0.25, 0.3) is 0 Å². The van der Waals surface area contributed by atoms with Crippen molar-refractivity contribution in [3.05, 3.63) is 35.4 Å². The number of benzene rings is 1. The third-order valence-electron chi connectivity index (χ3n) is 4.72. The van der Waals surface area contributed by atoms with Crippen molar-refractivity contribution in [3.8, 4) is 0 Å². The maximum atomic E-state index is 5.86. The molecule has 3 heteroatoms. The Hall–Kier alpha value is -0.900. The largest absolute Gasteiger partial charge is 0.297 e. The summed E-state index contributed by atoms with van der Waals surface area (Å²) < 4.78 is 0. The minimum atomic E-state index is 0.0228. The monoisotopic (exact) mass is 291 g/mol. The molecule has 3 nitrogen and oxygen atoms in total. The zero-order valence-electron chi connectivity index (χ0n) is 14.6. The molecule has 0 aliphatic carbocycles. The number of likely N-dealkylation sites (N-methyl/N-ethyl adjacent to an activating group) is 1. The molecule has 0 saturated heterocycles. The summed E-state index contributed by atoms with van der Waals surface area (Å²) in [6.07, 6.45) is 0.943. The fraction of sp³-hybridized carbons (Fsp3) is 0.667. The van der Waals surface area contributed by atoms with Crippen molar-refractivity contribution in [1.82, 2.24) is 10.3 Å². The van der Waals surface area contributed by atoms with E-state index in [2.05, 4.69) is 76.1 Å². The van der Waals surface area contributed by atoms with Gasteiger partial charge in [0.25, 0.3) is 0 Å². The van der Waals surface area contributed by atoms with Crippen LogP contribution in [0.2, 0.25) is 0 Å². The lowest BCUT2D eigenvalue weighted by molar-refractivity contribution is 0.0912. The molecule has 21 heavy (non-hydrogen) atoms. The number of hydrogen-bond donors (Lipinski definition) is 2. The maximum Gasteiger partial charge on any atom is 0.0429 e. The lowest BCUT2D eigenvalue weighted by Gasteiger charge is -2.43. The highest BCUT2D eigenvalue weighted by atomic mass is 15.3. The Morgan fingerprint density at radius 1 is 1.10 bits per heavy atom. The summed E-state index contributed by atoms with van der Waals surface area (Å²) in [6.45, 7) is 15.5. The molecule has 0 aromatic heterocycles. The van der Waals surface area contributed by atoms with Gasteiger partial charge in [-0.25, -0.2) is 0 Å². The Balaban J connectivity index is 2.86. The lowest BCUT2D eigenvalue weighted by atomic mass is 9.87. The summed E-state index contributed by atoms with van der Waals surface area (Å²) in [6, 6.07) is 9.16. The molecule has 0 bridgehead atoms. The second kappa shape index (κ2) is 7.92. The van der Waals surface area contributed by atoms with Crippen molar-refractivity contribution in [2.24, 2.45) is 5.84 Å². The quantitative estimate of drug-likeness (QED) is 0.570. The molecule has 120 valence electrons. The summed E-state index contributed by atoms with van der Waals surface area (Å²) in [7, 11) is 0. The van der Waals surface area contributed by atoms with Crippen LogP contribution in [0, 0.1) is 0 Å². The number of rotatable bonds is 8. The smallest absolute Gasteiger partial charge is 0.0429 e. The molecule has 0 radical (unpaired) electrons. The van der Waals surface area contributed by atoms with Gasteiger partial charge in [-0.1, -0.05) is 52.0 Å². The molecule has 0 heterocycles. The van der Waals surface area contributed by atoms with Gasteiger partial charge >= 0.3 is 0 Å². The van der Waals surface area contributed by atoms with Crippen molar-refractivity contribution in [1.29, 1.82) is 0 Å². The normalized spacial score (nSPS) is 14.0. The van der Waals surface area contributed by atoms with Crippen LogP contribution in [-0.4, -0.2) is 29.6 Å². The van der Waals surface area contributed by atoms with E-state index in [1.54, 1.807) is 0 Å². The minimum absolute atomic E-state index is 0.0228. The summed E-state index contributed by atoms with van der Waals surface area (Å²) in [5.74, 6) is 6.43. The van der Waals surface area contributed by atoms with Gasteiger partial charge in [-0.15, -0.1) is 0 Å². The Bertz CT molecular complexity index is 405. The molecule has 0 aliphatic heterocycles. The van der Waals surface area contributed by atoms with E-state index in [0.29, 0.717) is 5.92 Å². The van der Waals surface area contributed by atoms with Crippen LogP contribution in [0.1, 0.15) is 58.6 Å². The predicted molar refractivity (Wildman–Crippen MR) is 92.3 cm³/mol. The van der Waals surface area contributed by atoms with Crippen molar-refractivity contribution < 1.29 is 0 Å². The van der Waals surface area contributed by atoms with Gasteiger partial charge in [0, 0.05) is 11.6 Å². The van der Waals surface area contributed by atoms with Gasteiger partial charge in [-0.2, -0.15) is 0 Å². The average molecular weight is 291 g/mol. The van der Waals surface area contributed by atoms with Crippen molar-refractivity contribution >= 4 is 0 Å². The van der Waals surface area contributed by atoms with Gasteiger partial charge < -0.3 is 0 Å². The molecule has 1 atom stereocenters. The molecule has 1 aromatic carbocycles. The van der Waals surface area contributed by atoms with Crippen LogP contribution in [0.4, 0.5) is 0 Å². The average Bonchev–Trinajstić information content (AvgIpc) is 2.45. The third-order valence-corrected chi connectivity index (χ3v) is 4.72. The summed E-state index contributed by atoms with van der Waals surface area (Å²) in [5, 5.41) is 0. The molecular weight excluding hydrogens is 258 g/mol. The number of nitrogens with two attached hydrogens (primary N) is 1. The number of hydrogen-bond acceptors (Lipinski definition) is 3. The summed E-state index contributed by atoms with van der Waals surface area (Å²) in [5.41, 5.74) is 5.78. The predicted octanol–water partition coefficient (Wildman–Crippen LogP) is 3.30. The van der Waals surface area contributed by atoms with Gasteiger partial charge in [0.05, 0.1) is 0 Å². The van der Waals surface area contributed by atoms with E-state index in [-0.39, 0.29) is 11.6 Å². The van der Waals surface area contributed by atoms with Crippen LogP contribution >= 0.6 is 0 Å². The van der Waals surface area contributed by atoms with Crippen LogP contribution < -0.4 is 11.3 Å². The molecule has 0 spiro atoms. The van der Waals surface area contributed by atoms with E-state index in [9.17, 15) is 0 Å². The Labute approximate surface area is 130 Å². The fourth-order valence-corrected chi connectivity index (χ4v) is 3.05. The lowest BCUT2D eigenvalue weighted by Crippen LogP contribution is -2.60. The van der Waals surface area contributed by atoms with Gasteiger partial charge in [-0.3, -0.25) is 16.2 Å². The second-order valence-corrected chi connectivity index (χ2v) is 6.65. The molecular formula is C18H33N3. The number of nitrogens with one attached hydrogen (secondary N) is 1. The first-order chi connectivity index (χ1) is 9.86. The molecule has 1 unspecified atom stereocenters. The molecule has 0 aliphatic rings. The molecule has 1 aromatic rings. The molecule has 1 rings (SSSR count). The minimum Gasteiger partial charge on any atom is -0.297 e. The van der Waals surface area contributed by atoms with Crippen LogP contribution in [-0.2, 0) is 6.42 Å². The van der Waals surface area contributed by atoms with E-state index < -0.39 is 0 Å². The fourth-order valence-electron chi connectivity index (χ4n) is 3.05. The van der Waals surface area contributed by atoms with Gasteiger partial charge in [0.15, 0.2) is 0 Å². The van der Waals surface area contributed by atoms with E-state index >= 15 is 0 Å². The number of hydrazine groups is 1.